The minimum atomic E-state index is 0.320. The molecule has 110 valence electrons. The van der Waals surface area contributed by atoms with Crippen LogP contribution in [0.5, 0.6) is 0 Å². The first-order valence-corrected chi connectivity index (χ1v) is 7.64. The van der Waals surface area contributed by atoms with Gasteiger partial charge in [-0.05, 0) is 25.0 Å². The lowest BCUT2D eigenvalue weighted by Gasteiger charge is -2.38. The number of carbonyl (C=O) groups excluding carboxylic acids is 1. The van der Waals surface area contributed by atoms with Crippen LogP contribution in [0.3, 0.4) is 0 Å². The third-order valence-corrected chi connectivity index (χ3v) is 4.13. The maximum absolute atomic E-state index is 12.0. The molecule has 0 N–H and O–H groups in total. The second kappa shape index (κ2) is 7.39. The van der Waals surface area contributed by atoms with Gasteiger partial charge in [-0.3, -0.25) is 14.7 Å². The average Bonchev–Trinajstić information content (AvgIpc) is 2.53. The van der Waals surface area contributed by atoms with Gasteiger partial charge in [-0.1, -0.05) is 19.4 Å². The Morgan fingerprint density at radius 3 is 2.70 bits per heavy atom. The van der Waals surface area contributed by atoms with Gasteiger partial charge in [0.15, 0.2) is 0 Å². The number of aromatic nitrogens is 1. The van der Waals surface area contributed by atoms with Gasteiger partial charge < -0.3 is 4.90 Å². The van der Waals surface area contributed by atoms with E-state index in [1.54, 1.807) is 6.20 Å². The zero-order valence-electron chi connectivity index (χ0n) is 12.6. The Hall–Kier alpha value is -1.42. The van der Waals surface area contributed by atoms with Crippen LogP contribution in [-0.2, 0) is 4.79 Å². The van der Waals surface area contributed by atoms with Crippen molar-refractivity contribution < 1.29 is 4.79 Å². The van der Waals surface area contributed by atoms with Gasteiger partial charge in [0.1, 0.15) is 0 Å². The van der Waals surface area contributed by atoms with Crippen LogP contribution in [-0.4, -0.2) is 46.9 Å². The van der Waals surface area contributed by atoms with E-state index >= 15 is 0 Å². The van der Waals surface area contributed by atoms with E-state index < -0.39 is 0 Å². The molecular weight excluding hydrogens is 250 g/mol. The first-order valence-electron chi connectivity index (χ1n) is 7.64. The quantitative estimate of drug-likeness (QED) is 0.828. The lowest BCUT2D eigenvalue weighted by Crippen LogP contribution is -2.49. The van der Waals surface area contributed by atoms with E-state index in [0.29, 0.717) is 18.4 Å². The van der Waals surface area contributed by atoms with Gasteiger partial charge >= 0.3 is 0 Å². The molecule has 1 aliphatic heterocycles. The maximum atomic E-state index is 12.0. The second-order valence-corrected chi connectivity index (χ2v) is 5.48. The number of pyridine rings is 1. The minimum Gasteiger partial charge on any atom is -0.340 e. The summed E-state index contributed by atoms with van der Waals surface area (Å²) in [5.41, 5.74) is 1.25. The van der Waals surface area contributed by atoms with Gasteiger partial charge in [-0.25, -0.2) is 0 Å². The zero-order chi connectivity index (χ0) is 14.4. The van der Waals surface area contributed by atoms with Gasteiger partial charge in [-0.2, -0.15) is 0 Å². The van der Waals surface area contributed by atoms with Crippen molar-refractivity contribution >= 4 is 5.91 Å². The molecule has 0 aliphatic carbocycles. The number of rotatable bonds is 5. The van der Waals surface area contributed by atoms with E-state index in [2.05, 4.69) is 29.8 Å². The van der Waals surface area contributed by atoms with Crippen molar-refractivity contribution in [3.63, 3.8) is 0 Å². The van der Waals surface area contributed by atoms with Crippen molar-refractivity contribution in [1.82, 2.24) is 14.8 Å². The highest BCUT2D eigenvalue weighted by Gasteiger charge is 2.24. The number of unbranched alkanes of at least 4 members (excludes halogenated alkanes) is 1. The third kappa shape index (κ3) is 3.79. The maximum Gasteiger partial charge on any atom is 0.222 e. The van der Waals surface area contributed by atoms with Gasteiger partial charge in [-0.15, -0.1) is 0 Å². The van der Waals surface area contributed by atoms with E-state index in [9.17, 15) is 4.79 Å². The van der Waals surface area contributed by atoms with Crippen LogP contribution in [0.15, 0.2) is 24.5 Å². The topological polar surface area (TPSA) is 36.4 Å². The van der Waals surface area contributed by atoms with Crippen LogP contribution in [0, 0.1) is 0 Å². The molecule has 0 saturated carbocycles. The molecule has 1 unspecified atom stereocenters. The summed E-state index contributed by atoms with van der Waals surface area (Å²) in [5, 5.41) is 0. The van der Waals surface area contributed by atoms with Gasteiger partial charge in [0.25, 0.3) is 0 Å². The summed E-state index contributed by atoms with van der Waals surface area (Å²) >= 11 is 0. The van der Waals surface area contributed by atoms with Crippen LogP contribution in [0.1, 0.15) is 44.7 Å². The summed E-state index contributed by atoms with van der Waals surface area (Å²) in [6.07, 6.45) is 6.54. The number of nitrogens with zero attached hydrogens (tertiary/aromatic N) is 3. The molecule has 1 atom stereocenters. The Bertz CT molecular complexity index is 413. The highest BCUT2D eigenvalue weighted by molar-refractivity contribution is 5.76. The molecule has 4 nitrogen and oxygen atoms in total. The van der Waals surface area contributed by atoms with Crippen LogP contribution in [0.4, 0.5) is 0 Å². The van der Waals surface area contributed by atoms with Crippen molar-refractivity contribution in [1.29, 1.82) is 0 Å². The van der Waals surface area contributed by atoms with Gasteiger partial charge in [0.05, 0.1) is 0 Å². The first kappa shape index (κ1) is 15.0. The molecule has 2 rings (SSSR count). The summed E-state index contributed by atoms with van der Waals surface area (Å²) in [6.45, 7) is 7.95. The summed E-state index contributed by atoms with van der Waals surface area (Å²) < 4.78 is 0. The third-order valence-electron chi connectivity index (χ3n) is 4.13. The number of carbonyl (C=O) groups is 1. The molecule has 1 fully saturated rings. The van der Waals surface area contributed by atoms with E-state index in [0.717, 1.165) is 39.0 Å². The SMILES string of the molecule is CCCCC(=O)N1CCN(C(C)c2cccnc2)CC1. The van der Waals surface area contributed by atoms with Crippen LogP contribution >= 0.6 is 0 Å². The molecule has 1 aromatic heterocycles. The second-order valence-electron chi connectivity index (χ2n) is 5.48. The fourth-order valence-electron chi connectivity index (χ4n) is 2.68. The smallest absolute Gasteiger partial charge is 0.222 e. The molecule has 2 heterocycles. The predicted octanol–water partition coefficient (Wildman–Crippen LogP) is 2.48. The largest absolute Gasteiger partial charge is 0.340 e. The number of amides is 1. The fraction of sp³-hybridized carbons (Fsp3) is 0.625. The molecule has 0 aromatic carbocycles. The van der Waals surface area contributed by atoms with Crippen molar-refractivity contribution in [3.05, 3.63) is 30.1 Å². The Morgan fingerprint density at radius 1 is 1.35 bits per heavy atom. The van der Waals surface area contributed by atoms with Crippen molar-refractivity contribution in [2.24, 2.45) is 0 Å². The predicted molar refractivity (Wildman–Crippen MR) is 80.3 cm³/mol. The Kier molecular flexibility index (Phi) is 5.53. The summed E-state index contributed by atoms with van der Waals surface area (Å²) in [4.78, 5) is 20.6. The molecule has 20 heavy (non-hydrogen) atoms. The van der Waals surface area contributed by atoms with E-state index in [1.807, 2.05) is 17.2 Å². The molecule has 1 aliphatic rings. The van der Waals surface area contributed by atoms with Crippen molar-refractivity contribution in [2.45, 2.75) is 39.2 Å². The fourth-order valence-corrected chi connectivity index (χ4v) is 2.68. The van der Waals surface area contributed by atoms with Crippen LogP contribution in [0.25, 0.3) is 0 Å². The number of hydrogen-bond donors (Lipinski definition) is 0. The summed E-state index contributed by atoms with van der Waals surface area (Å²) in [6, 6.07) is 4.48. The molecule has 0 radical (unpaired) electrons. The molecule has 1 amide bonds. The van der Waals surface area contributed by atoms with Crippen LogP contribution in [0.2, 0.25) is 0 Å². The molecule has 4 heteroatoms. The highest BCUT2D eigenvalue weighted by atomic mass is 16.2. The Labute approximate surface area is 121 Å². The lowest BCUT2D eigenvalue weighted by molar-refractivity contribution is -0.133. The van der Waals surface area contributed by atoms with Gasteiger partial charge in [0, 0.05) is 51.0 Å². The average molecular weight is 275 g/mol. The first-order chi connectivity index (χ1) is 9.72. The normalized spacial score (nSPS) is 18.0. The zero-order valence-corrected chi connectivity index (χ0v) is 12.6. The Morgan fingerprint density at radius 2 is 2.10 bits per heavy atom. The lowest BCUT2D eigenvalue weighted by atomic mass is 10.1. The number of piperazine rings is 1. The van der Waals surface area contributed by atoms with E-state index in [-0.39, 0.29) is 0 Å². The molecule has 1 aromatic rings. The van der Waals surface area contributed by atoms with E-state index in [4.69, 9.17) is 0 Å². The monoisotopic (exact) mass is 275 g/mol. The summed E-state index contributed by atoms with van der Waals surface area (Å²) in [5.74, 6) is 0.320. The number of hydrogen-bond acceptors (Lipinski definition) is 3. The van der Waals surface area contributed by atoms with Crippen LogP contribution < -0.4 is 0 Å². The highest BCUT2D eigenvalue weighted by Crippen LogP contribution is 2.20. The minimum absolute atomic E-state index is 0.320. The van der Waals surface area contributed by atoms with Crippen molar-refractivity contribution in [2.75, 3.05) is 26.2 Å². The molecule has 0 spiro atoms. The summed E-state index contributed by atoms with van der Waals surface area (Å²) in [7, 11) is 0. The standard InChI is InChI=1S/C16H25N3O/c1-3-4-7-16(20)19-11-9-18(10-12-19)14(2)15-6-5-8-17-13-15/h5-6,8,13-14H,3-4,7,9-12H2,1-2H3. The van der Waals surface area contributed by atoms with Gasteiger partial charge in [0.2, 0.25) is 5.91 Å². The molecule has 0 bridgehead atoms. The van der Waals surface area contributed by atoms with E-state index in [1.165, 1.54) is 5.56 Å². The Balaban J connectivity index is 1.83. The van der Waals surface area contributed by atoms with Crippen molar-refractivity contribution in [3.8, 4) is 0 Å². The molecule has 1 saturated heterocycles. The molecular formula is C16H25N3O.